The van der Waals surface area contributed by atoms with E-state index in [1.54, 1.807) is 31.3 Å². The number of carbonyl (C=O) groups excluding carboxylic acids is 1. The van der Waals surface area contributed by atoms with Crippen LogP contribution in [-0.4, -0.2) is 35.6 Å². The molecular weight excluding hydrogens is 382 g/mol. The van der Waals surface area contributed by atoms with Crippen LogP contribution >= 0.6 is 0 Å². The van der Waals surface area contributed by atoms with Crippen LogP contribution in [0.1, 0.15) is 0 Å². The van der Waals surface area contributed by atoms with E-state index in [-0.39, 0.29) is 23.3 Å². The number of benzene rings is 2. The third kappa shape index (κ3) is 3.45. The standard InChI is InChI=1S/C17H13N7O5/c1-22-16(19-20-21-22)10-3-2-4-11(7-10)18-15(25)9-23-13-6-5-12(24(27)28)8-14(13)29-17(23)26/h2-8H,9H2,1H3,(H,18,25). The van der Waals surface area contributed by atoms with Crippen LogP contribution in [-0.2, 0) is 18.4 Å². The van der Waals surface area contributed by atoms with Crippen LogP contribution in [0.4, 0.5) is 11.4 Å². The van der Waals surface area contributed by atoms with Crippen LogP contribution < -0.4 is 11.1 Å². The number of anilines is 1. The van der Waals surface area contributed by atoms with Crippen molar-refractivity contribution in [1.82, 2.24) is 24.8 Å². The molecule has 0 saturated carbocycles. The highest BCUT2D eigenvalue weighted by Crippen LogP contribution is 2.21. The second kappa shape index (κ2) is 6.99. The van der Waals surface area contributed by atoms with Crippen LogP contribution in [0, 0.1) is 10.1 Å². The van der Waals surface area contributed by atoms with Crippen molar-refractivity contribution >= 4 is 28.4 Å². The van der Waals surface area contributed by atoms with Gasteiger partial charge in [-0.1, -0.05) is 12.1 Å². The first-order valence-electron chi connectivity index (χ1n) is 8.33. The van der Waals surface area contributed by atoms with Gasteiger partial charge in [-0.05, 0) is 28.6 Å². The van der Waals surface area contributed by atoms with Crippen LogP contribution in [0.25, 0.3) is 22.5 Å². The van der Waals surface area contributed by atoms with Gasteiger partial charge in [0.25, 0.3) is 5.69 Å². The lowest BCUT2D eigenvalue weighted by Gasteiger charge is -2.07. The lowest BCUT2D eigenvalue weighted by atomic mass is 10.2. The number of rotatable bonds is 5. The van der Waals surface area contributed by atoms with E-state index in [4.69, 9.17) is 4.42 Å². The molecule has 2 heterocycles. The predicted octanol–water partition coefficient (Wildman–Crippen LogP) is 1.33. The van der Waals surface area contributed by atoms with Crippen LogP contribution in [0.3, 0.4) is 0 Å². The number of nitro benzene ring substituents is 1. The minimum atomic E-state index is -0.783. The largest absolute Gasteiger partial charge is 0.420 e. The lowest BCUT2D eigenvalue weighted by Crippen LogP contribution is -2.24. The van der Waals surface area contributed by atoms with Gasteiger partial charge in [0.15, 0.2) is 11.4 Å². The summed E-state index contributed by atoms with van der Waals surface area (Å²) in [6, 6.07) is 10.7. The number of aryl methyl sites for hydroxylation is 1. The normalized spacial score (nSPS) is 10.9. The highest BCUT2D eigenvalue weighted by atomic mass is 16.6. The third-order valence-corrected chi connectivity index (χ3v) is 4.19. The molecule has 2 aromatic heterocycles. The average Bonchev–Trinajstić information content (AvgIpc) is 3.24. The number of tetrazole rings is 1. The molecule has 146 valence electrons. The quantitative estimate of drug-likeness (QED) is 0.392. The number of amides is 1. The van der Waals surface area contributed by atoms with E-state index in [2.05, 4.69) is 20.8 Å². The Kier molecular flexibility index (Phi) is 4.35. The van der Waals surface area contributed by atoms with E-state index in [1.165, 1.54) is 16.8 Å². The highest BCUT2D eigenvalue weighted by Gasteiger charge is 2.16. The number of hydrogen-bond donors (Lipinski definition) is 1. The molecule has 0 spiro atoms. The zero-order chi connectivity index (χ0) is 20.5. The molecule has 0 aliphatic heterocycles. The molecule has 0 saturated heterocycles. The van der Waals surface area contributed by atoms with Gasteiger partial charge in [-0.3, -0.25) is 19.5 Å². The fourth-order valence-corrected chi connectivity index (χ4v) is 2.87. The van der Waals surface area contributed by atoms with Crippen LogP contribution in [0.5, 0.6) is 0 Å². The molecule has 12 heteroatoms. The first-order chi connectivity index (χ1) is 13.9. The molecule has 12 nitrogen and oxygen atoms in total. The maximum absolute atomic E-state index is 12.4. The summed E-state index contributed by atoms with van der Waals surface area (Å²) in [4.78, 5) is 34.8. The molecule has 0 unspecified atom stereocenters. The molecular formula is C17H13N7O5. The second-order valence-electron chi connectivity index (χ2n) is 6.12. The number of carbonyl (C=O) groups is 1. The lowest BCUT2D eigenvalue weighted by molar-refractivity contribution is -0.384. The molecule has 4 aromatic rings. The molecule has 1 N–H and O–H groups in total. The van der Waals surface area contributed by atoms with Crippen molar-refractivity contribution in [2.75, 3.05) is 5.32 Å². The number of hydrogen-bond acceptors (Lipinski definition) is 8. The van der Waals surface area contributed by atoms with E-state index in [0.29, 0.717) is 17.1 Å². The van der Waals surface area contributed by atoms with E-state index in [1.807, 2.05) is 0 Å². The maximum atomic E-state index is 12.4. The van der Waals surface area contributed by atoms with Crippen molar-refractivity contribution in [3.05, 3.63) is 63.1 Å². The Labute approximate surface area is 161 Å². The average molecular weight is 395 g/mol. The summed E-state index contributed by atoms with van der Waals surface area (Å²) in [5.74, 6) is -0.726. The molecule has 0 radical (unpaired) electrons. The molecule has 0 bridgehead atoms. The Hall–Kier alpha value is -4.35. The molecule has 2 aromatic carbocycles. The van der Waals surface area contributed by atoms with Crippen molar-refractivity contribution in [2.24, 2.45) is 7.05 Å². The fraction of sp³-hybridized carbons (Fsp3) is 0.118. The molecule has 0 atom stereocenters. The molecule has 0 fully saturated rings. The van der Waals surface area contributed by atoms with Gasteiger partial charge in [0.05, 0.1) is 16.5 Å². The zero-order valence-electron chi connectivity index (χ0n) is 15.0. The Morgan fingerprint density at radius 2 is 2.10 bits per heavy atom. The summed E-state index contributed by atoms with van der Waals surface area (Å²) >= 11 is 0. The fourth-order valence-electron chi connectivity index (χ4n) is 2.87. The third-order valence-electron chi connectivity index (χ3n) is 4.19. The summed E-state index contributed by atoms with van der Waals surface area (Å²) in [6.07, 6.45) is 0. The Morgan fingerprint density at radius 1 is 1.28 bits per heavy atom. The van der Waals surface area contributed by atoms with E-state index in [9.17, 15) is 19.7 Å². The predicted molar refractivity (Wildman–Crippen MR) is 100.0 cm³/mol. The summed E-state index contributed by atoms with van der Waals surface area (Å²) in [7, 11) is 1.70. The molecule has 4 rings (SSSR count). The minimum absolute atomic E-state index is 0.0359. The summed E-state index contributed by atoms with van der Waals surface area (Å²) in [6.45, 7) is -0.320. The van der Waals surface area contributed by atoms with E-state index in [0.717, 1.165) is 10.6 Å². The van der Waals surface area contributed by atoms with Gasteiger partial charge in [0, 0.05) is 24.4 Å². The van der Waals surface area contributed by atoms with Gasteiger partial charge in [-0.25, -0.2) is 9.48 Å². The molecule has 29 heavy (non-hydrogen) atoms. The summed E-state index contributed by atoms with van der Waals surface area (Å²) in [5.41, 5.74) is 1.31. The van der Waals surface area contributed by atoms with Crippen molar-refractivity contribution in [1.29, 1.82) is 0 Å². The van der Waals surface area contributed by atoms with E-state index < -0.39 is 16.6 Å². The van der Waals surface area contributed by atoms with Crippen molar-refractivity contribution in [2.45, 2.75) is 6.54 Å². The number of fused-ring (bicyclic) bond motifs is 1. The van der Waals surface area contributed by atoms with Crippen molar-refractivity contribution in [3.8, 4) is 11.4 Å². The number of non-ortho nitro benzene ring substituents is 1. The van der Waals surface area contributed by atoms with Gasteiger partial charge in [-0.15, -0.1) is 5.10 Å². The minimum Gasteiger partial charge on any atom is -0.407 e. The first kappa shape index (κ1) is 18.0. The number of nitrogens with zero attached hydrogens (tertiary/aromatic N) is 6. The summed E-state index contributed by atoms with van der Waals surface area (Å²) in [5, 5.41) is 24.8. The Morgan fingerprint density at radius 3 is 2.83 bits per heavy atom. The Bertz CT molecular complexity index is 1300. The van der Waals surface area contributed by atoms with Crippen LogP contribution in [0.15, 0.2) is 51.7 Å². The summed E-state index contributed by atoms with van der Waals surface area (Å²) < 4.78 is 7.62. The number of oxazole rings is 1. The van der Waals surface area contributed by atoms with Crippen LogP contribution in [0.2, 0.25) is 0 Å². The van der Waals surface area contributed by atoms with E-state index >= 15 is 0 Å². The smallest absolute Gasteiger partial charge is 0.407 e. The number of aromatic nitrogens is 5. The van der Waals surface area contributed by atoms with Gasteiger partial charge in [0.1, 0.15) is 6.54 Å². The molecule has 1 amide bonds. The highest BCUT2D eigenvalue weighted by molar-refractivity contribution is 5.92. The van der Waals surface area contributed by atoms with Gasteiger partial charge >= 0.3 is 5.76 Å². The topological polar surface area (TPSA) is 151 Å². The van der Waals surface area contributed by atoms with Crippen molar-refractivity contribution in [3.63, 3.8) is 0 Å². The van der Waals surface area contributed by atoms with Gasteiger partial charge in [-0.2, -0.15) is 0 Å². The van der Waals surface area contributed by atoms with Gasteiger partial charge in [0.2, 0.25) is 5.91 Å². The zero-order valence-corrected chi connectivity index (χ0v) is 15.0. The number of nitro groups is 1. The molecule has 0 aliphatic carbocycles. The number of nitrogens with one attached hydrogen (secondary N) is 1. The molecule has 0 aliphatic rings. The maximum Gasteiger partial charge on any atom is 0.420 e. The second-order valence-corrected chi connectivity index (χ2v) is 6.12. The monoisotopic (exact) mass is 395 g/mol. The van der Waals surface area contributed by atoms with Crippen molar-refractivity contribution < 1.29 is 14.1 Å². The Balaban J connectivity index is 1.56. The first-order valence-corrected chi connectivity index (χ1v) is 8.33. The SMILES string of the molecule is Cn1nnnc1-c1cccc(NC(=O)Cn2c(=O)oc3cc([N+](=O)[O-])ccc32)c1. The van der Waals surface area contributed by atoms with Gasteiger partial charge < -0.3 is 9.73 Å².